The van der Waals surface area contributed by atoms with Crippen LogP contribution >= 0.6 is 43.6 Å². The van der Waals surface area contributed by atoms with Crippen molar-refractivity contribution in [3.63, 3.8) is 0 Å². The molecule has 2 aliphatic rings. The van der Waals surface area contributed by atoms with Gasteiger partial charge < -0.3 is 15.3 Å². The number of nitrogens with zero attached hydrogens (tertiary/aromatic N) is 1. The van der Waals surface area contributed by atoms with Gasteiger partial charge >= 0.3 is 0 Å². The number of halogens is 2. The molecule has 4 rings (SSSR count). The highest BCUT2D eigenvalue weighted by Crippen LogP contribution is 2.43. The number of thioether (sulfide) groups is 1. The lowest BCUT2D eigenvalue weighted by atomic mass is 9.85. The van der Waals surface area contributed by atoms with E-state index in [2.05, 4.69) is 44.1 Å². The molecule has 1 amide bonds. The number of phenols is 1. The van der Waals surface area contributed by atoms with Gasteiger partial charge in [0, 0.05) is 21.8 Å². The minimum atomic E-state index is -0.172. The number of amides is 1. The molecule has 2 N–H and O–H groups in total. The number of aromatic hydroxyl groups is 1. The first-order valence-electron chi connectivity index (χ1n) is 10.1. The number of hydrogen-bond donors (Lipinski definition) is 2. The number of rotatable bonds is 4. The van der Waals surface area contributed by atoms with E-state index in [1.54, 1.807) is 12.1 Å². The van der Waals surface area contributed by atoms with Crippen molar-refractivity contribution in [2.24, 2.45) is 5.92 Å². The molecular formula is C23H24Br2N2O2S. The fourth-order valence-electron chi connectivity index (χ4n) is 4.20. The fourth-order valence-corrected chi connectivity index (χ4v) is 6.67. The molecule has 2 aromatic carbocycles. The van der Waals surface area contributed by atoms with E-state index in [9.17, 15) is 9.90 Å². The standard InChI is InChI=1S/C23H24Br2N2O2S/c1-14-7-5-6-10-19(14)27-22(29)20(12-15-11-16(24)13-18(25)21(15)28)30-23(27)26-17-8-3-2-4-9-17/h2-4,8-9,11-14,19,23,26,28H,5-7,10H2,1H3/b20-12-/t14-,19+,23?/m0/s1. The van der Waals surface area contributed by atoms with Gasteiger partial charge in [0.05, 0.1) is 9.38 Å². The van der Waals surface area contributed by atoms with Gasteiger partial charge in [-0.3, -0.25) is 4.79 Å². The summed E-state index contributed by atoms with van der Waals surface area (Å²) in [5.41, 5.74) is 1.43. The van der Waals surface area contributed by atoms with Crippen molar-refractivity contribution >= 4 is 61.3 Å². The minimum absolute atomic E-state index is 0.0303. The highest BCUT2D eigenvalue weighted by molar-refractivity contribution is 9.11. The van der Waals surface area contributed by atoms with E-state index in [4.69, 9.17) is 0 Å². The van der Waals surface area contributed by atoms with Gasteiger partial charge in [0.15, 0.2) is 5.50 Å². The van der Waals surface area contributed by atoms with E-state index in [1.165, 1.54) is 18.2 Å². The summed E-state index contributed by atoms with van der Waals surface area (Å²) in [7, 11) is 0. The highest BCUT2D eigenvalue weighted by Gasteiger charge is 2.43. The second kappa shape index (κ2) is 9.37. The van der Waals surface area contributed by atoms with Crippen LogP contribution in [0.25, 0.3) is 6.08 Å². The summed E-state index contributed by atoms with van der Waals surface area (Å²) >= 11 is 8.36. The monoisotopic (exact) mass is 550 g/mol. The molecule has 0 spiro atoms. The van der Waals surface area contributed by atoms with Gasteiger partial charge in [0.25, 0.3) is 5.91 Å². The van der Waals surface area contributed by atoms with E-state index < -0.39 is 0 Å². The number of carbonyl (C=O) groups is 1. The number of hydrogen-bond acceptors (Lipinski definition) is 4. The molecule has 1 aliphatic heterocycles. The van der Waals surface area contributed by atoms with E-state index in [0.29, 0.717) is 20.9 Å². The van der Waals surface area contributed by atoms with E-state index in [0.717, 1.165) is 29.4 Å². The van der Waals surface area contributed by atoms with Crippen molar-refractivity contribution in [3.05, 3.63) is 61.9 Å². The third kappa shape index (κ3) is 4.58. The summed E-state index contributed by atoms with van der Waals surface area (Å²) in [4.78, 5) is 16.2. The Labute approximate surface area is 198 Å². The van der Waals surface area contributed by atoms with Gasteiger partial charge in [-0.05, 0) is 65.0 Å². The summed E-state index contributed by atoms with van der Waals surface area (Å²) < 4.78 is 1.43. The van der Waals surface area contributed by atoms with Crippen LogP contribution in [0, 0.1) is 5.92 Å². The number of carbonyl (C=O) groups excluding carboxylic acids is 1. The van der Waals surface area contributed by atoms with Crippen molar-refractivity contribution < 1.29 is 9.90 Å². The molecular weight excluding hydrogens is 528 g/mol. The SMILES string of the molecule is C[C@H]1CCCC[C@H]1N1C(=O)/C(=C/c2cc(Br)cc(Br)c2O)SC1Nc1ccccc1. The predicted molar refractivity (Wildman–Crippen MR) is 131 cm³/mol. The number of benzene rings is 2. The summed E-state index contributed by atoms with van der Waals surface area (Å²) in [6, 6.07) is 13.8. The number of anilines is 1. The van der Waals surface area contributed by atoms with Crippen LogP contribution < -0.4 is 5.32 Å². The van der Waals surface area contributed by atoms with Gasteiger partial charge in [-0.2, -0.15) is 0 Å². The molecule has 30 heavy (non-hydrogen) atoms. The molecule has 3 atom stereocenters. The third-order valence-electron chi connectivity index (χ3n) is 5.77. The molecule has 7 heteroatoms. The first-order valence-corrected chi connectivity index (χ1v) is 12.6. The normalized spacial score (nSPS) is 25.7. The third-order valence-corrected chi connectivity index (χ3v) is 7.95. The van der Waals surface area contributed by atoms with E-state index in [-0.39, 0.29) is 23.2 Å². The van der Waals surface area contributed by atoms with Crippen LogP contribution in [0.4, 0.5) is 5.69 Å². The minimum Gasteiger partial charge on any atom is -0.506 e. The molecule has 1 heterocycles. The molecule has 0 radical (unpaired) electrons. The van der Waals surface area contributed by atoms with Crippen LogP contribution in [0.3, 0.4) is 0 Å². The van der Waals surface area contributed by atoms with Crippen molar-refractivity contribution in [2.75, 3.05) is 5.32 Å². The molecule has 1 saturated heterocycles. The van der Waals surface area contributed by atoms with Crippen LogP contribution in [0.1, 0.15) is 38.2 Å². The smallest absolute Gasteiger partial charge is 0.262 e. The Morgan fingerprint density at radius 3 is 2.63 bits per heavy atom. The molecule has 4 nitrogen and oxygen atoms in total. The Bertz CT molecular complexity index is 967. The fraction of sp³-hybridized carbons (Fsp3) is 0.348. The second-order valence-corrected chi connectivity index (χ2v) is 10.7. The molecule has 2 aromatic rings. The van der Waals surface area contributed by atoms with Crippen molar-refractivity contribution in [3.8, 4) is 5.75 Å². The Morgan fingerprint density at radius 1 is 1.17 bits per heavy atom. The van der Waals surface area contributed by atoms with E-state index in [1.807, 2.05) is 41.3 Å². The number of nitrogens with one attached hydrogen (secondary N) is 1. The lowest BCUT2D eigenvalue weighted by Gasteiger charge is -2.39. The first kappa shape index (κ1) is 21.8. The van der Waals surface area contributed by atoms with E-state index >= 15 is 0 Å². The van der Waals surface area contributed by atoms with Gasteiger partial charge in [-0.1, -0.05) is 65.7 Å². The zero-order valence-corrected chi connectivity index (χ0v) is 20.6. The molecule has 0 aromatic heterocycles. The summed E-state index contributed by atoms with van der Waals surface area (Å²) in [6.45, 7) is 2.25. The highest BCUT2D eigenvalue weighted by atomic mass is 79.9. The average molecular weight is 552 g/mol. The molecule has 1 saturated carbocycles. The molecule has 158 valence electrons. The maximum Gasteiger partial charge on any atom is 0.262 e. The number of para-hydroxylation sites is 1. The Morgan fingerprint density at radius 2 is 1.90 bits per heavy atom. The predicted octanol–water partition coefficient (Wildman–Crippen LogP) is 6.81. The maximum absolute atomic E-state index is 13.5. The number of phenolic OH excluding ortho intramolecular Hbond substituents is 1. The topological polar surface area (TPSA) is 52.6 Å². The lowest BCUT2D eigenvalue weighted by molar-refractivity contribution is -0.129. The van der Waals surface area contributed by atoms with Crippen molar-refractivity contribution in [2.45, 2.75) is 44.1 Å². The van der Waals surface area contributed by atoms with Crippen LogP contribution in [0.2, 0.25) is 0 Å². The summed E-state index contributed by atoms with van der Waals surface area (Å²) in [6.07, 6.45) is 6.36. The summed E-state index contributed by atoms with van der Waals surface area (Å²) in [5, 5.41) is 14.0. The van der Waals surface area contributed by atoms with Crippen LogP contribution in [-0.4, -0.2) is 27.5 Å². The molecule has 1 aliphatic carbocycles. The average Bonchev–Trinajstić information content (AvgIpc) is 3.02. The molecule has 2 fully saturated rings. The zero-order chi connectivity index (χ0) is 21.3. The first-order chi connectivity index (χ1) is 14.4. The largest absolute Gasteiger partial charge is 0.506 e. The van der Waals surface area contributed by atoms with Crippen molar-refractivity contribution in [1.29, 1.82) is 0 Å². The Hall–Kier alpha value is -1.44. The Kier molecular flexibility index (Phi) is 6.80. The van der Waals surface area contributed by atoms with Crippen LogP contribution in [0.5, 0.6) is 5.75 Å². The van der Waals surface area contributed by atoms with Gasteiger partial charge in [0.1, 0.15) is 5.75 Å². The van der Waals surface area contributed by atoms with Crippen LogP contribution in [0.15, 0.2) is 56.3 Å². The van der Waals surface area contributed by atoms with Gasteiger partial charge in [0.2, 0.25) is 0 Å². The van der Waals surface area contributed by atoms with Crippen molar-refractivity contribution in [1.82, 2.24) is 4.90 Å². The maximum atomic E-state index is 13.5. The van der Waals surface area contributed by atoms with Crippen LogP contribution in [-0.2, 0) is 4.79 Å². The second-order valence-electron chi connectivity index (χ2n) is 7.86. The Balaban J connectivity index is 1.69. The lowest BCUT2D eigenvalue weighted by Crippen LogP contribution is -2.48. The molecule has 0 bridgehead atoms. The molecule has 1 unspecified atom stereocenters. The quantitative estimate of drug-likeness (QED) is 0.410. The summed E-state index contributed by atoms with van der Waals surface area (Å²) in [5.74, 6) is 0.634. The van der Waals surface area contributed by atoms with Gasteiger partial charge in [-0.15, -0.1) is 0 Å². The van der Waals surface area contributed by atoms with Gasteiger partial charge in [-0.25, -0.2) is 0 Å². The zero-order valence-electron chi connectivity index (χ0n) is 16.6.